The molecule has 0 saturated heterocycles. The van der Waals surface area contributed by atoms with Crippen molar-refractivity contribution in [3.05, 3.63) is 42.4 Å². The Morgan fingerprint density at radius 2 is 2.11 bits per heavy atom. The summed E-state index contributed by atoms with van der Waals surface area (Å²) in [5, 5.41) is 3.20. The van der Waals surface area contributed by atoms with Crippen LogP contribution in [0.25, 0.3) is 11.3 Å². The second-order valence-corrected chi connectivity index (χ2v) is 4.43. The quantitative estimate of drug-likeness (QED) is 0.791. The first kappa shape index (κ1) is 12.8. The average molecular weight is 243 g/mol. The normalized spacial score (nSPS) is 10.8. The molecule has 1 N–H and O–H groups in total. The van der Waals surface area contributed by atoms with Crippen molar-refractivity contribution < 1.29 is 0 Å². The highest BCUT2D eigenvalue weighted by molar-refractivity contribution is 5.63. The molecule has 0 unspecified atom stereocenters. The summed E-state index contributed by atoms with van der Waals surface area (Å²) in [6.07, 6.45) is 6.12. The fraction of sp³-hybridized carbons (Fsp3) is 0.400. The number of rotatable bonds is 6. The average Bonchev–Trinajstić information content (AvgIpc) is 2.88. The lowest BCUT2D eigenvalue weighted by Crippen LogP contribution is -2.08. The van der Waals surface area contributed by atoms with E-state index in [0.717, 1.165) is 25.9 Å². The van der Waals surface area contributed by atoms with Gasteiger partial charge in [-0.3, -0.25) is 0 Å². The number of aromatic nitrogens is 2. The van der Waals surface area contributed by atoms with Gasteiger partial charge < -0.3 is 9.88 Å². The first-order valence-corrected chi connectivity index (χ1v) is 6.59. The van der Waals surface area contributed by atoms with Crippen molar-refractivity contribution in [2.75, 3.05) is 13.6 Å². The number of nitrogens with zero attached hydrogens (tertiary/aromatic N) is 2. The van der Waals surface area contributed by atoms with E-state index in [4.69, 9.17) is 0 Å². The first-order chi connectivity index (χ1) is 8.86. The van der Waals surface area contributed by atoms with Crippen molar-refractivity contribution in [2.45, 2.75) is 26.3 Å². The highest BCUT2D eigenvalue weighted by Gasteiger charge is 2.08. The van der Waals surface area contributed by atoms with Crippen LogP contribution in [0.15, 0.2) is 36.8 Å². The van der Waals surface area contributed by atoms with Gasteiger partial charge >= 0.3 is 0 Å². The van der Waals surface area contributed by atoms with E-state index in [1.54, 1.807) is 0 Å². The van der Waals surface area contributed by atoms with Crippen LogP contribution in [0.5, 0.6) is 0 Å². The number of imidazole rings is 1. The van der Waals surface area contributed by atoms with Crippen LogP contribution < -0.4 is 5.32 Å². The van der Waals surface area contributed by atoms with Crippen molar-refractivity contribution in [3.63, 3.8) is 0 Å². The highest BCUT2D eigenvalue weighted by atomic mass is 15.0. The van der Waals surface area contributed by atoms with Crippen LogP contribution in [0.1, 0.15) is 18.9 Å². The molecule has 2 rings (SSSR count). The van der Waals surface area contributed by atoms with E-state index in [1.807, 2.05) is 19.6 Å². The van der Waals surface area contributed by atoms with E-state index in [1.165, 1.54) is 16.8 Å². The molecular weight excluding hydrogens is 222 g/mol. The Balaban J connectivity index is 2.27. The molecule has 96 valence electrons. The second-order valence-electron chi connectivity index (χ2n) is 4.43. The molecule has 1 heterocycles. The van der Waals surface area contributed by atoms with Crippen molar-refractivity contribution in [1.29, 1.82) is 0 Å². The molecule has 1 aromatic carbocycles. The molecule has 0 atom stereocenters. The Labute approximate surface area is 109 Å². The van der Waals surface area contributed by atoms with E-state index in [-0.39, 0.29) is 0 Å². The van der Waals surface area contributed by atoms with Crippen LogP contribution in [0.3, 0.4) is 0 Å². The molecule has 1 aromatic heterocycles. The van der Waals surface area contributed by atoms with Crippen LogP contribution in [0, 0.1) is 0 Å². The molecule has 0 radical (unpaired) electrons. The van der Waals surface area contributed by atoms with E-state index in [0.29, 0.717) is 0 Å². The maximum atomic E-state index is 4.26. The van der Waals surface area contributed by atoms with E-state index >= 15 is 0 Å². The van der Waals surface area contributed by atoms with E-state index in [9.17, 15) is 0 Å². The molecule has 0 spiro atoms. The summed E-state index contributed by atoms with van der Waals surface area (Å²) >= 11 is 0. The van der Waals surface area contributed by atoms with E-state index in [2.05, 4.69) is 46.1 Å². The predicted molar refractivity (Wildman–Crippen MR) is 75.6 cm³/mol. The van der Waals surface area contributed by atoms with Gasteiger partial charge in [-0.25, -0.2) is 4.98 Å². The van der Waals surface area contributed by atoms with Crippen LogP contribution in [-0.4, -0.2) is 23.1 Å². The first-order valence-electron chi connectivity index (χ1n) is 6.59. The summed E-state index contributed by atoms with van der Waals surface area (Å²) in [7, 11) is 2.00. The SMILES string of the molecule is CCn1cncc1-c1ccccc1CCCNC. The molecule has 3 heteroatoms. The lowest BCUT2D eigenvalue weighted by molar-refractivity contribution is 0.723. The zero-order chi connectivity index (χ0) is 12.8. The fourth-order valence-corrected chi connectivity index (χ4v) is 2.24. The van der Waals surface area contributed by atoms with Gasteiger partial charge in [-0.05, 0) is 38.9 Å². The molecule has 0 aliphatic carbocycles. The third kappa shape index (κ3) is 2.79. The Morgan fingerprint density at radius 3 is 2.89 bits per heavy atom. The lowest BCUT2D eigenvalue weighted by Gasteiger charge is -2.11. The molecular formula is C15H21N3. The van der Waals surface area contributed by atoms with Crippen molar-refractivity contribution in [2.24, 2.45) is 0 Å². The monoisotopic (exact) mass is 243 g/mol. The second kappa shape index (κ2) is 6.36. The van der Waals surface area contributed by atoms with E-state index < -0.39 is 0 Å². The summed E-state index contributed by atoms with van der Waals surface area (Å²) in [5.41, 5.74) is 3.94. The van der Waals surface area contributed by atoms with Gasteiger partial charge in [0.1, 0.15) is 0 Å². The Kier molecular flexibility index (Phi) is 4.53. The molecule has 0 aliphatic heterocycles. The number of hydrogen-bond donors (Lipinski definition) is 1. The summed E-state index contributed by atoms with van der Waals surface area (Å²) in [5.74, 6) is 0. The molecule has 0 aliphatic rings. The summed E-state index contributed by atoms with van der Waals surface area (Å²) in [6, 6.07) is 8.63. The third-order valence-electron chi connectivity index (χ3n) is 3.22. The molecule has 0 saturated carbocycles. The zero-order valence-corrected chi connectivity index (χ0v) is 11.2. The molecule has 18 heavy (non-hydrogen) atoms. The smallest absolute Gasteiger partial charge is 0.0950 e. The molecule has 3 nitrogen and oxygen atoms in total. The standard InChI is InChI=1S/C15H21N3/c1-3-18-12-17-11-15(18)14-9-5-4-7-13(14)8-6-10-16-2/h4-5,7,9,11-12,16H,3,6,8,10H2,1-2H3. The van der Waals surface area contributed by atoms with Crippen LogP contribution >= 0.6 is 0 Å². The summed E-state index contributed by atoms with van der Waals surface area (Å²) in [4.78, 5) is 4.26. The predicted octanol–water partition coefficient (Wildman–Crippen LogP) is 2.72. The minimum atomic E-state index is 0.959. The zero-order valence-electron chi connectivity index (χ0n) is 11.2. The Morgan fingerprint density at radius 1 is 1.28 bits per heavy atom. The third-order valence-corrected chi connectivity index (χ3v) is 3.22. The summed E-state index contributed by atoms with van der Waals surface area (Å²) in [6.45, 7) is 4.16. The largest absolute Gasteiger partial charge is 0.331 e. The van der Waals surface area contributed by atoms with Crippen molar-refractivity contribution >= 4 is 0 Å². The van der Waals surface area contributed by atoms with Gasteiger partial charge in [0.2, 0.25) is 0 Å². The van der Waals surface area contributed by atoms with Gasteiger partial charge in [0, 0.05) is 12.1 Å². The van der Waals surface area contributed by atoms with Gasteiger partial charge in [-0.1, -0.05) is 24.3 Å². The van der Waals surface area contributed by atoms with Gasteiger partial charge in [0.25, 0.3) is 0 Å². The van der Waals surface area contributed by atoms with Gasteiger partial charge in [0.15, 0.2) is 0 Å². The topological polar surface area (TPSA) is 29.9 Å². The van der Waals surface area contributed by atoms with Crippen LogP contribution in [-0.2, 0) is 13.0 Å². The van der Waals surface area contributed by atoms with Gasteiger partial charge in [0.05, 0.1) is 18.2 Å². The lowest BCUT2D eigenvalue weighted by atomic mass is 10.0. The highest BCUT2D eigenvalue weighted by Crippen LogP contribution is 2.24. The minimum absolute atomic E-state index is 0.959. The number of hydrogen-bond acceptors (Lipinski definition) is 2. The van der Waals surface area contributed by atoms with Crippen LogP contribution in [0.2, 0.25) is 0 Å². The number of benzene rings is 1. The number of nitrogens with one attached hydrogen (secondary N) is 1. The molecule has 0 amide bonds. The minimum Gasteiger partial charge on any atom is -0.331 e. The molecule has 0 fully saturated rings. The van der Waals surface area contributed by atoms with Gasteiger partial charge in [-0.15, -0.1) is 0 Å². The summed E-state index contributed by atoms with van der Waals surface area (Å²) < 4.78 is 2.19. The molecule has 2 aromatic rings. The fourth-order valence-electron chi connectivity index (χ4n) is 2.24. The molecule has 0 bridgehead atoms. The number of aryl methyl sites for hydroxylation is 2. The maximum Gasteiger partial charge on any atom is 0.0950 e. The Hall–Kier alpha value is -1.61. The van der Waals surface area contributed by atoms with Crippen LogP contribution in [0.4, 0.5) is 0 Å². The van der Waals surface area contributed by atoms with Crippen molar-refractivity contribution in [1.82, 2.24) is 14.9 Å². The van der Waals surface area contributed by atoms with Crippen molar-refractivity contribution in [3.8, 4) is 11.3 Å². The maximum absolute atomic E-state index is 4.26. The van der Waals surface area contributed by atoms with Gasteiger partial charge in [-0.2, -0.15) is 0 Å². The Bertz CT molecular complexity index is 488.